The van der Waals surface area contributed by atoms with E-state index in [4.69, 9.17) is 0 Å². The van der Waals surface area contributed by atoms with Gasteiger partial charge in [-0.25, -0.2) is 4.39 Å². The van der Waals surface area contributed by atoms with E-state index in [1.165, 1.54) is 18.9 Å². The third-order valence-electron chi connectivity index (χ3n) is 4.16. The molecule has 1 aliphatic heterocycles. The van der Waals surface area contributed by atoms with E-state index in [1.807, 2.05) is 6.07 Å². The molecule has 1 saturated carbocycles. The summed E-state index contributed by atoms with van der Waals surface area (Å²) in [6.45, 7) is 5.38. The number of benzene rings is 1. The average Bonchev–Trinajstić information content (AvgIpc) is 3.23. The lowest BCUT2D eigenvalue weighted by Crippen LogP contribution is -2.47. The van der Waals surface area contributed by atoms with Gasteiger partial charge in [-0.15, -0.1) is 0 Å². The lowest BCUT2D eigenvalue weighted by atomic mass is 10.1. The molecule has 3 rings (SSSR count). The third-order valence-corrected chi connectivity index (χ3v) is 4.16. The van der Waals surface area contributed by atoms with Crippen LogP contribution in [0.5, 0.6) is 0 Å². The monoisotopic (exact) mass is 264 g/mol. The lowest BCUT2D eigenvalue weighted by Gasteiger charge is -2.37. The summed E-state index contributed by atoms with van der Waals surface area (Å²) < 4.78 is 14.1. The van der Waals surface area contributed by atoms with Crippen LogP contribution >= 0.6 is 0 Å². The highest BCUT2D eigenvalue weighted by atomic mass is 19.1. The summed E-state index contributed by atoms with van der Waals surface area (Å²) in [6, 6.07) is 5.74. The molecule has 3 nitrogen and oxygen atoms in total. The van der Waals surface area contributed by atoms with Crippen LogP contribution in [0.1, 0.15) is 31.4 Å². The standard InChI is InChI=1S/C15H21FN2O/c1-11(19)13-3-2-4-14(16)15(13)18-9-7-17(8-10-18)12-5-6-12/h2-4,11-12,19H,5-10H2,1H3/t11-/m0/s1. The average molecular weight is 264 g/mol. The Hall–Kier alpha value is -1.13. The molecule has 104 valence electrons. The highest BCUT2D eigenvalue weighted by Gasteiger charge is 2.32. The van der Waals surface area contributed by atoms with Gasteiger partial charge in [0.2, 0.25) is 0 Å². The van der Waals surface area contributed by atoms with E-state index in [1.54, 1.807) is 13.0 Å². The molecular formula is C15H21FN2O. The zero-order valence-corrected chi connectivity index (χ0v) is 11.3. The third kappa shape index (κ3) is 2.60. The van der Waals surface area contributed by atoms with E-state index in [0.717, 1.165) is 32.2 Å². The van der Waals surface area contributed by atoms with Crippen LogP contribution in [0.2, 0.25) is 0 Å². The number of nitrogens with zero attached hydrogens (tertiary/aromatic N) is 2. The summed E-state index contributed by atoms with van der Waals surface area (Å²) in [7, 11) is 0. The Morgan fingerprint density at radius 3 is 2.47 bits per heavy atom. The minimum atomic E-state index is -0.632. The molecule has 0 unspecified atom stereocenters. The predicted molar refractivity (Wildman–Crippen MR) is 73.8 cm³/mol. The maximum Gasteiger partial charge on any atom is 0.146 e. The summed E-state index contributed by atoms with van der Waals surface area (Å²) in [5.41, 5.74) is 1.29. The first-order chi connectivity index (χ1) is 9.16. The molecule has 0 spiro atoms. The van der Waals surface area contributed by atoms with Crippen LogP contribution in [0.3, 0.4) is 0 Å². The quantitative estimate of drug-likeness (QED) is 0.906. The second kappa shape index (κ2) is 5.10. The number of rotatable bonds is 3. The van der Waals surface area contributed by atoms with Crippen molar-refractivity contribution in [2.75, 3.05) is 31.1 Å². The zero-order valence-electron chi connectivity index (χ0n) is 11.3. The first-order valence-corrected chi connectivity index (χ1v) is 7.12. The molecule has 1 saturated heterocycles. The van der Waals surface area contributed by atoms with Crippen LogP contribution in [-0.2, 0) is 0 Å². The Morgan fingerprint density at radius 2 is 1.89 bits per heavy atom. The number of halogens is 1. The minimum absolute atomic E-state index is 0.224. The van der Waals surface area contributed by atoms with Crippen molar-refractivity contribution in [1.29, 1.82) is 0 Å². The first kappa shape index (κ1) is 12.9. The van der Waals surface area contributed by atoms with Crippen LogP contribution in [0, 0.1) is 5.82 Å². The van der Waals surface area contributed by atoms with Gasteiger partial charge in [0.15, 0.2) is 0 Å². The number of aliphatic hydroxyl groups is 1. The topological polar surface area (TPSA) is 26.7 Å². The highest BCUT2D eigenvalue weighted by molar-refractivity contribution is 5.56. The van der Waals surface area contributed by atoms with Crippen molar-refractivity contribution in [1.82, 2.24) is 4.90 Å². The summed E-state index contributed by atoms with van der Waals surface area (Å²) >= 11 is 0. The SMILES string of the molecule is C[C@H](O)c1cccc(F)c1N1CCN(C2CC2)CC1. The Labute approximate surface area is 113 Å². The second-order valence-electron chi connectivity index (χ2n) is 5.61. The van der Waals surface area contributed by atoms with E-state index in [2.05, 4.69) is 9.80 Å². The minimum Gasteiger partial charge on any atom is -0.389 e. The molecule has 1 heterocycles. The van der Waals surface area contributed by atoms with Gasteiger partial charge in [-0.2, -0.15) is 0 Å². The molecular weight excluding hydrogens is 243 g/mol. The van der Waals surface area contributed by atoms with Crippen LogP contribution < -0.4 is 4.90 Å². The number of hydrogen-bond donors (Lipinski definition) is 1. The van der Waals surface area contributed by atoms with Crippen molar-refractivity contribution in [3.05, 3.63) is 29.6 Å². The van der Waals surface area contributed by atoms with E-state index >= 15 is 0 Å². The van der Waals surface area contributed by atoms with Gasteiger partial charge in [0.05, 0.1) is 11.8 Å². The number of hydrogen-bond acceptors (Lipinski definition) is 3. The van der Waals surface area contributed by atoms with Gasteiger partial charge in [0.25, 0.3) is 0 Å². The summed E-state index contributed by atoms with van der Waals surface area (Å²) in [4.78, 5) is 4.58. The largest absolute Gasteiger partial charge is 0.389 e. The molecule has 0 amide bonds. The fourth-order valence-corrected chi connectivity index (χ4v) is 2.95. The number of aliphatic hydroxyl groups excluding tert-OH is 1. The highest BCUT2D eigenvalue weighted by Crippen LogP contribution is 2.32. The smallest absolute Gasteiger partial charge is 0.146 e. The number of anilines is 1. The molecule has 2 aliphatic rings. The Kier molecular flexibility index (Phi) is 3.46. The van der Waals surface area contributed by atoms with E-state index in [-0.39, 0.29) is 5.82 Å². The first-order valence-electron chi connectivity index (χ1n) is 7.12. The molecule has 0 radical (unpaired) electrons. The van der Waals surface area contributed by atoms with Gasteiger partial charge in [-0.3, -0.25) is 4.90 Å². The Balaban J connectivity index is 1.78. The second-order valence-corrected chi connectivity index (χ2v) is 5.61. The fourth-order valence-electron chi connectivity index (χ4n) is 2.95. The molecule has 19 heavy (non-hydrogen) atoms. The van der Waals surface area contributed by atoms with Crippen molar-refractivity contribution < 1.29 is 9.50 Å². The van der Waals surface area contributed by atoms with Gasteiger partial charge in [-0.05, 0) is 25.8 Å². The molecule has 0 aromatic heterocycles. The Morgan fingerprint density at radius 1 is 1.21 bits per heavy atom. The van der Waals surface area contributed by atoms with E-state index in [0.29, 0.717) is 11.3 Å². The molecule has 1 atom stereocenters. The van der Waals surface area contributed by atoms with Crippen molar-refractivity contribution in [2.45, 2.75) is 31.9 Å². The number of para-hydroxylation sites is 1. The van der Waals surface area contributed by atoms with Crippen molar-refractivity contribution in [3.63, 3.8) is 0 Å². The van der Waals surface area contributed by atoms with Crippen molar-refractivity contribution >= 4 is 5.69 Å². The van der Waals surface area contributed by atoms with Gasteiger partial charge in [0, 0.05) is 37.8 Å². The molecule has 1 aliphatic carbocycles. The predicted octanol–water partition coefficient (Wildman–Crippen LogP) is 2.16. The van der Waals surface area contributed by atoms with Crippen LogP contribution in [0.15, 0.2) is 18.2 Å². The maximum atomic E-state index is 14.1. The van der Waals surface area contributed by atoms with E-state index < -0.39 is 6.10 Å². The van der Waals surface area contributed by atoms with Crippen LogP contribution in [-0.4, -0.2) is 42.2 Å². The van der Waals surface area contributed by atoms with Crippen molar-refractivity contribution in [2.24, 2.45) is 0 Å². The van der Waals surface area contributed by atoms with Crippen LogP contribution in [0.25, 0.3) is 0 Å². The fraction of sp³-hybridized carbons (Fsp3) is 0.600. The van der Waals surface area contributed by atoms with Gasteiger partial charge in [0.1, 0.15) is 5.82 Å². The lowest BCUT2D eigenvalue weighted by molar-refractivity contribution is 0.198. The Bertz CT molecular complexity index is 451. The van der Waals surface area contributed by atoms with Gasteiger partial charge >= 0.3 is 0 Å². The van der Waals surface area contributed by atoms with Crippen molar-refractivity contribution in [3.8, 4) is 0 Å². The zero-order chi connectivity index (χ0) is 13.4. The molecule has 1 aromatic carbocycles. The molecule has 2 fully saturated rings. The van der Waals surface area contributed by atoms with E-state index in [9.17, 15) is 9.50 Å². The van der Waals surface area contributed by atoms with Gasteiger partial charge < -0.3 is 10.0 Å². The van der Waals surface area contributed by atoms with Gasteiger partial charge in [-0.1, -0.05) is 12.1 Å². The summed E-state index contributed by atoms with van der Waals surface area (Å²) in [5, 5.41) is 9.81. The molecule has 1 aromatic rings. The number of piperazine rings is 1. The summed E-state index contributed by atoms with van der Waals surface area (Å²) in [5.74, 6) is -0.224. The summed E-state index contributed by atoms with van der Waals surface area (Å²) in [6.07, 6.45) is 2.00. The molecule has 4 heteroatoms. The van der Waals surface area contributed by atoms with Crippen LogP contribution in [0.4, 0.5) is 10.1 Å². The maximum absolute atomic E-state index is 14.1. The molecule has 1 N–H and O–H groups in total. The normalized spacial score (nSPS) is 22.6. The molecule has 0 bridgehead atoms.